The van der Waals surface area contributed by atoms with Crippen LogP contribution >= 0.6 is 0 Å². The number of anilines is 2. The van der Waals surface area contributed by atoms with Crippen molar-refractivity contribution in [3.05, 3.63) is 11.3 Å². The summed E-state index contributed by atoms with van der Waals surface area (Å²) in [6.45, 7) is 5.44. The summed E-state index contributed by atoms with van der Waals surface area (Å²) >= 11 is 0. The molecule has 1 aromatic rings. The molecule has 0 saturated carbocycles. The van der Waals surface area contributed by atoms with E-state index in [2.05, 4.69) is 27.1 Å². The number of rotatable bonds is 2. The molecule has 0 radical (unpaired) electrons. The number of nitrogen functional groups attached to an aromatic ring is 1. The number of hydrogen-bond acceptors (Lipinski definition) is 5. The molecule has 0 spiro atoms. The lowest BCUT2D eigenvalue weighted by Crippen LogP contribution is -2.34. The summed E-state index contributed by atoms with van der Waals surface area (Å²) in [5, 5.41) is 3.30. The van der Waals surface area contributed by atoms with E-state index in [1.165, 1.54) is 37.1 Å². The first kappa shape index (κ1) is 11.7. The maximum atomic E-state index is 5.84. The Bertz CT molecular complexity index is 445. The number of nitrogens with one attached hydrogen (secondary N) is 1. The third-order valence-electron chi connectivity index (χ3n) is 4.06. The second kappa shape index (κ2) is 4.72. The highest BCUT2D eigenvalue weighted by molar-refractivity contribution is 5.54. The van der Waals surface area contributed by atoms with E-state index in [9.17, 15) is 0 Å². The van der Waals surface area contributed by atoms with Crippen LogP contribution in [0.2, 0.25) is 0 Å². The standard InChI is InChI=1S/C13H21N5/c1-2-18-8-4-3-5-10(18)11-9-6-7-15-12(9)17-13(14)16-11/h10H,2-8H2,1H3,(H3,14,15,16,17). The number of likely N-dealkylation sites (tertiary alicyclic amines) is 1. The lowest BCUT2D eigenvalue weighted by atomic mass is 9.96. The number of fused-ring (bicyclic) bond motifs is 1. The summed E-state index contributed by atoms with van der Waals surface area (Å²) in [5.74, 6) is 1.36. The second-order valence-corrected chi connectivity index (χ2v) is 5.11. The molecule has 5 nitrogen and oxygen atoms in total. The third kappa shape index (κ3) is 1.92. The minimum absolute atomic E-state index is 0.403. The van der Waals surface area contributed by atoms with E-state index >= 15 is 0 Å². The summed E-state index contributed by atoms with van der Waals surface area (Å²) in [6, 6.07) is 0.433. The summed E-state index contributed by atoms with van der Waals surface area (Å²) in [5.41, 5.74) is 8.30. The second-order valence-electron chi connectivity index (χ2n) is 5.11. The number of nitrogens with zero attached hydrogens (tertiary/aromatic N) is 3. The van der Waals surface area contributed by atoms with Gasteiger partial charge in [0.15, 0.2) is 0 Å². The number of hydrogen-bond donors (Lipinski definition) is 2. The van der Waals surface area contributed by atoms with Crippen LogP contribution in [0.1, 0.15) is 43.5 Å². The highest BCUT2D eigenvalue weighted by atomic mass is 15.2. The van der Waals surface area contributed by atoms with Crippen molar-refractivity contribution in [3.63, 3.8) is 0 Å². The number of aromatic nitrogens is 2. The molecular formula is C13H21N5. The van der Waals surface area contributed by atoms with E-state index in [-0.39, 0.29) is 0 Å². The molecule has 0 bridgehead atoms. The Labute approximate surface area is 108 Å². The van der Waals surface area contributed by atoms with Crippen LogP contribution in [-0.4, -0.2) is 34.5 Å². The molecule has 1 atom stereocenters. The van der Waals surface area contributed by atoms with Gasteiger partial charge >= 0.3 is 0 Å². The maximum Gasteiger partial charge on any atom is 0.222 e. The van der Waals surface area contributed by atoms with Crippen molar-refractivity contribution < 1.29 is 0 Å². The van der Waals surface area contributed by atoms with Gasteiger partial charge in [-0.05, 0) is 32.4 Å². The van der Waals surface area contributed by atoms with Crippen LogP contribution in [-0.2, 0) is 6.42 Å². The van der Waals surface area contributed by atoms with Gasteiger partial charge < -0.3 is 11.1 Å². The number of piperidine rings is 1. The van der Waals surface area contributed by atoms with Gasteiger partial charge in [0.05, 0.1) is 11.7 Å². The molecule has 18 heavy (non-hydrogen) atoms. The third-order valence-corrected chi connectivity index (χ3v) is 4.06. The fraction of sp³-hybridized carbons (Fsp3) is 0.692. The van der Waals surface area contributed by atoms with Crippen LogP contribution in [0.15, 0.2) is 0 Å². The summed E-state index contributed by atoms with van der Waals surface area (Å²) in [6.07, 6.45) is 4.80. The molecule has 3 heterocycles. The van der Waals surface area contributed by atoms with Crippen molar-refractivity contribution in [2.45, 2.75) is 38.6 Å². The Morgan fingerprint density at radius 3 is 3.11 bits per heavy atom. The van der Waals surface area contributed by atoms with E-state index < -0.39 is 0 Å². The Balaban J connectivity index is 2.00. The van der Waals surface area contributed by atoms with Crippen LogP contribution in [0.25, 0.3) is 0 Å². The predicted molar refractivity (Wildman–Crippen MR) is 72.5 cm³/mol. The summed E-state index contributed by atoms with van der Waals surface area (Å²) < 4.78 is 0. The molecule has 1 unspecified atom stereocenters. The zero-order valence-corrected chi connectivity index (χ0v) is 10.9. The first-order valence-electron chi connectivity index (χ1n) is 6.93. The molecule has 1 saturated heterocycles. The quantitative estimate of drug-likeness (QED) is 0.830. The predicted octanol–water partition coefficient (Wildman–Crippen LogP) is 1.57. The van der Waals surface area contributed by atoms with Crippen LogP contribution in [0.4, 0.5) is 11.8 Å². The minimum atomic E-state index is 0.403. The molecule has 1 aromatic heterocycles. The normalized spacial score (nSPS) is 23.7. The molecule has 2 aliphatic heterocycles. The zero-order valence-electron chi connectivity index (χ0n) is 10.9. The van der Waals surface area contributed by atoms with Crippen molar-refractivity contribution >= 4 is 11.8 Å². The van der Waals surface area contributed by atoms with Crippen LogP contribution < -0.4 is 11.1 Å². The monoisotopic (exact) mass is 247 g/mol. The molecule has 3 N–H and O–H groups in total. The molecule has 0 aromatic carbocycles. The maximum absolute atomic E-state index is 5.84. The van der Waals surface area contributed by atoms with Gasteiger partial charge in [0, 0.05) is 12.1 Å². The first-order valence-corrected chi connectivity index (χ1v) is 6.93. The Morgan fingerprint density at radius 2 is 2.28 bits per heavy atom. The number of nitrogens with two attached hydrogens (primary N) is 1. The smallest absolute Gasteiger partial charge is 0.222 e. The fourth-order valence-electron chi connectivity index (χ4n) is 3.17. The topological polar surface area (TPSA) is 67.1 Å². The van der Waals surface area contributed by atoms with Crippen LogP contribution in [0, 0.1) is 0 Å². The van der Waals surface area contributed by atoms with E-state index in [0.717, 1.165) is 25.3 Å². The highest BCUT2D eigenvalue weighted by Crippen LogP contribution is 2.35. The van der Waals surface area contributed by atoms with Gasteiger partial charge in [-0.3, -0.25) is 4.90 Å². The van der Waals surface area contributed by atoms with Crippen LogP contribution in [0.3, 0.4) is 0 Å². The van der Waals surface area contributed by atoms with E-state index in [0.29, 0.717) is 12.0 Å². The van der Waals surface area contributed by atoms with Gasteiger partial charge in [0.2, 0.25) is 5.95 Å². The molecule has 2 aliphatic rings. The molecule has 0 aliphatic carbocycles. The van der Waals surface area contributed by atoms with Crippen molar-refractivity contribution in [2.24, 2.45) is 0 Å². The summed E-state index contributed by atoms with van der Waals surface area (Å²) in [4.78, 5) is 11.4. The molecule has 1 fully saturated rings. The van der Waals surface area contributed by atoms with Gasteiger partial charge in [0.1, 0.15) is 5.82 Å². The molecular weight excluding hydrogens is 226 g/mol. The van der Waals surface area contributed by atoms with Crippen molar-refractivity contribution in [1.29, 1.82) is 0 Å². The molecule has 98 valence electrons. The van der Waals surface area contributed by atoms with Gasteiger partial charge in [-0.15, -0.1) is 0 Å². The molecule has 0 amide bonds. The van der Waals surface area contributed by atoms with Crippen molar-refractivity contribution in [3.8, 4) is 0 Å². The minimum Gasteiger partial charge on any atom is -0.369 e. The van der Waals surface area contributed by atoms with E-state index in [1.807, 2.05) is 0 Å². The Morgan fingerprint density at radius 1 is 1.39 bits per heavy atom. The van der Waals surface area contributed by atoms with Gasteiger partial charge in [-0.1, -0.05) is 13.3 Å². The Hall–Kier alpha value is -1.36. The average Bonchev–Trinajstić information content (AvgIpc) is 2.85. The average molecular weight is 247 g/mol. The first-order chi connectivity index (χ1) is 8.79. The lowest BCUT2D eigenvalue weighted by Gasteiger charge is -2.35. The van der Waals surface area contributed by atoms with Crippen LogP contribution in [0.5, 0.6) is 0 Å². The van der Waals surface area contributed by atoms with E-state index in [4.69, 9.17) is 5.73 Å². The van der Waals surface area contributed by atoms with Crippen molar-refractivity contribution in [1.82, 2.24) is 14.9 Å². The van der Waals surface area contributed by atoms with Gasteiger partial charge in [-0.25, -0.2) is 4.98 Å². The largest absolute Gasteiger partial charge is 0.369 e. The summed E-state index contributed by atoms with van der Waals surface area (Å²) in [7, 11) is 0. The molecule has 3 rings (SSSR count). The SMILES string of the molecule is CCN1CCCCC1c1nc(N)nc2c1CCN2. The van der Waals surface area contributed by atoms with Gasteiger partial charge in [-0.2, -0.15) is 4.98 Å². The lowest BCUT2D eigenvalue weighted by molar-refractivity contribution is 0.153. The zero-order chi connectivity index (χ0) is 12.5. The fourth-order valence-corrected chi connectivity index (χ4v) is 3.17. The van der Waals surface area contributed by atoms with Crippen molar-refractivity contribution in [2.75, 3.05) is 30.7 Å². The van der Waals surface area contributed by atoms with Gasteiger partial charge in [0.25, 0.3) is 0 Å². The van der Waals surface area contributed by atoms with E-state index in [1.54, 1.807) is 0 Å². The molecule has 5 heteroatoms. The highest BCUT2D eigenvalue weighted by Gasteiger charge is 2.29. The Kier molecular flexibility index (Phi) is 3.07.